The number of nitrogens with two attached hydrogens (primary N) is 1. The van der Waals surface area contributed by atoms with Crippen LogP contribution in [0.15, 0.2) is 41.8 Å². The van der Waals surface area contributed by atoms with E-state index in [2.05, 4.69) is 50.2 Å². The van der Waals surface area contributed by atoms with Gasteiger partial charge < -0.3 is 15.4 Å². The van der Waals surface area contributed by atoms with Gasteiger partial charge in [0, 0.05) is 18.5 Å². The number of nitrogens with zero attached hydrogens (tertiary/aromatic N) is 1. The van der Waals surface area contributed by atoms with Gasteiger partial charge >= 0.3 is 0 Å². The highest BCUT2D eigenvalue weighted by Crippen LogP contribution is 2.26. The number of allylic oxidation sites excluding steroid dienone is 3. The molecule has 0 fully saturated rings. The Labute approximate surface area is 115 Å². The normalized spacial score (nSPS) is 15.2. The first kappa shape index (κ1) is 13.7. The molecule has 19 heavy (non-hydrogen) atoms. The second-order valence-electron chi connectivity index (χ2n) is 5.27. The Kier molecular flexibility index (Phi) is 4.27. The van der Waals surface area contributed by atoms with Crippen LogP contribution in [0.25, 0.3) is 0 Å². The summed E-state index contributed by atoms with van der Waals surface area (Å²) in [6.45, 7) is 2.93. The van der Waals surface area contributed by atoms with E-state index in [1.807, 2.05) is 6.08 Å². The third kappa shape index (κ3) is 3.61. The Morgan fingerprint density at radius 3 is 2.79 bits per heavy atom. The fourth-order valence-corrected chi connectivity index (χ4v) is 2.13. The average molecular weight is 258 g/mol. The predicted molar refractivity (Wildman–Crippen MR) is 78.8 cm³/mol. The highest BCUT2D eigenvalue weighted by Gasteiger charge is 2.12. The molecule has 1 aromatic rings. The van der Waals surface area contributed by atoms with Crippen LogP contribution in [0.4, 0.5) is 0 Å². The second kappa shape index (κ2) is 5.93. The van der Waals surface area contributed by atoms with Crippen LogP contribution < -0.4 is 10.5 Å². The maximum absolute atomic E-state index is 6.06. The molecule has 3 nitrogen and oxygen atoms in total. The fraction of sp³-hybridized carbons (Fsp3) is 0.375. The fourth-order valence-electron chi connectivity index (χ4n) is 2.13. The number of benzene rings is 1. The number of ether oxygens (including phenoxy) is 1. The zero-order valence-electron chi connectivity index (χ0n) is 11.9. The summed E-state index contributed by atoms with van der Waals surface area (Å²) in [4.78, 5) is 2.13. The summed E-state index contributed by atoms with van der Waals surface area (Å²) in [7, 11) is 4.11. The minimum Gasteiger partial charge on any atom is -0.459 e. The van der Waals surface area contributed by atoms with E-state index in [-0.39, 0.29) is 0 Å². The molecule has 1 aliphatic rings. The highest BCUT2D eigenvalue weighted by molar-refractivity contribution is 5.39. The van der Waals surface area contributed by atoms with Crippen molar-refractivity contribution in [3.63, 3.8) is 0 Å². The molecule has 0 amide bonds. The van der Waals surface area contributed by atoms with Crippen molar-refractivity contribution in [1.82, 2.24) is 4.90 Å². The van der Waals surface area contributed by atoms with Gasteiger partial charge in [-0.3, -0.25) is 0 Å². The van der Waals surface area contributed by atoms with Gasteiger partial charge in [-0.05, 0) is 45.1 Å². The summed E-state index contributed by atoms with van der Waals surface area (Å²) in [6, 6.07) is 6.32. The lowest BCUT2D eigenvalue weighted by Crippen LogP contribution is -2.13. The quantitative estimate of drug-likeness (QED) is 0.902. The molecular formula is C16H22N2O. The van der Waals surface area contributed by atoms with Gasteiger partial charge in [-0.1, -0.05) is 18.2 Å². The van der Waals surface area contributed by atoms with Gasteiger partial charge in [0.05, 0.1) is 5.70 Å². The van der Waals surface area contributed by atoms with E-state index in [4.69, 9.17) is 10.5 Å². The third-order valence-electron chi connectivity index (χ3n) is 3.10. The van der Waals surface area contributed by atoms with E-state index in [9.17, 15) is 0 Å². The van der Waals surface area contributed by atoms with Gasteiger partial charge in [-0.2, -0.15) is 0 Å². The lowest BCUT2D eigenvalue weighted by atomic mass is 10.1. The molecule has 102 valence electrons. The number of rotatable bonds is 4. The molecule has 3 heteroatoms. The van der Waals surface area contributed by atoms with Crippen LogP contribution >= 0.6 is 0 Å². The first-order chi connectivity index (χ1) is 9.06. The maximum Gasteiger partial charge on any atom is 0.131 e. The summed E-state index contributed by atoms with van der Waals surface area (Å²) in [5.41, 5.74) is 9.10. The zero-order chi connectivity index (χ0) is 13.8. The minimum absolute atomic E-state index is 0.739. The Balaban J connectivity index is 2.27. The van der Waals surface area contributed by atoms with Crippen molar-refractivity contribution in [2.75, 3.05) is 14.1 Å². The Hall–Kier alpha value is -1.74. The molecule has 0 atom stereocenters. The topological polar surface area (TPSA) is 38.5 Å². The molecule has 0 aromatic heterocycles. The Morgan fingerprint density at radius 1 is 1.32 bits per heavy atom. The van der Waals surface area contributed by atoms with Gasteiger partial charge in [0.2, 0.25) is 0 Å². The molecule has 0 heterocycles. The summed E-state index contributed by atoms with van der Waals surface area (Å²) < 4.78 is 6.06. The maximum atomic E-state index is 6.06. The van der Waals surface area contributed by atoms with E-state index >= 15 is 0 Å². The zero-order valence-corrected chi connectivity index (χ0v) is 11.9. The molecule has 0 spiro atoms. The van der Waals surface area contributed by atoms with Crippen LogP contribution in [-0.2, 0) is 6.54 Å². The lowest BCUT2D eigenvalue weighted by molar-refractivity contribution is 0.365. The smallest absolute Gasteiger partial charge is 0.131 e. The molecular weight excluding hydrogens is 236 g/mol. The molecule has 1 aromatic carbocycles. The van der Waals surface area contributed by atoms with Gasteiger partial charge in [-0.15, -0.1) is 0 Å². The van der Waals surface area contributed by atoms with Crippen LogP contribution in [0.3, 0.4) is 0 Å². The van der Waals surface area contributed by atoms with Crippen LogP contribution in [0.5, 0.6) is 5.75 Å². The highest BCUT2D eigenvalue weighted by atomic mass is 16.5. The van der Waals surface area contributed by atoms with Crippen molar-refractivity contribution >= 4 is 0 Å². The van der Waals surface area contributed by atoms with Crippen molar-refractivity contribution in [2.45, 2.75) is 26.3 Å². The number of aryl methyl sites for hydroxylation is 1. The average Bonchev–Trinajstić information content (AvgIpc) is 2.35. The van der Waals surface area contributed by atoms with Crippen LogP contribution in [0.1, 0.15) is 24.0 Å². The van der Waals surface area contributed by atoms with Crippen molar-refractivity contribution in [3.8, 4) is 5.75 Å². The van der Waals surface area contributed by atoms with Crippen molar-refractivity contribution in [3.05, 3.63) is 52.9 Å². The van der Waals surface area contributed by atoms with Gasteiger partial charge in [-0.25, -0.2) is 0 Å². The van der Waals surface area contributed by atoms with Gasteiger partial charge in [0.25, 0.3) is 0 Å². The molecule has 2 rings (SSSR count). The number of hydrogen-bond acceptors (Lipinski definition) is 3. The molecule has 0 saturated carbocycles. The second-order valence-corrected chi connectivity index (χ2v) is 5.27. The Bertz CT molecular complexity index is 515. The van der Waals surface area contributed by atoms with Crippen molar-refractivity contribution in [2.24, 2.45) is 5.73 Å². The van der Waals surface area contributed by atoms with E-state index < -0.39 is 0 Å². The Morgan fingerprint density at radius 2 is 2.11 bits per heavy atom. The standard InChI is InChI=1S/C16H22N2O/c1-12-8-9-13(11-18(2)3)16(10-12)19-15-7-5-4-6-14(15)17/h4,6,8-10H,5,7,11,17H2,1-3H3. The molecule has 0 aliphatic heterocycles. The van der Waals surface area contributed by atoms with E-state index in [0.717, 1.165) is 36.6 Å². The van der Waals surface area contributed by atoms with Crippen LogP contribution in [0, 0.1) is 6.92 Å². The molecule has 0 saturated heterocycles. The van der Waals surface area contributed by atoms with Crippen LogP contribution in [0.2, 0.25) is 0 Å². The van der Waals surface area contributed by atoms with Crippen molar-refractivity contribution in [1.29, 1.82) is 0 Å². The van der Waals surface area contributed by atoms with Crippen LogP contribution in [-0.4, -0.2) is 19.0 Å². The van der Waals surface area contributed by atoms with Gasteiger partial charge in [0.15, 0.2) is 0 Å². The molecule has 0 radical (unpaired) electrons. The summed E-state index contributed by atoms with van der Waals surface area (Å²) in [5, 5.41) is 0. The largest absolute Gasteiger partial charge is 0.459 e. The molecule has 2 N–H and O–H groups in total. The van der Waals surface area contributed by atoms with E-state index in [1.54, 1.807) is 0 Å². The molecule has 0 bridgehead atoms. The predicted octanol–water partition coefficient (Wildman–Crippen LogP) is 2.96. The van der Waals surface area contributed by atoms with E-state index in [0.29, 0.717) is 0 Å². The summed E-state index contributed by atoms with van der Waals surface area (Å²) in [5.74, 6) is 1.80. The first-order valence-electron chi connectivity index (χ1n) is 6.63. The monoisotopic (exact) mass is 258 g/mol. The van der Waals surface area contributed by atoms with Crippen molar-refractivity contribution < 1.29 is 4.74 Å². The first-order valence-corrected chi connectivity index (χ1v) is 6.63. The number of hydrogen-bond donors (Lipinski definition) is 1. The summed E-state index contributed by atoms with van der Waals surface area (Å²) >= 11 is 0. The third-order valence-corrected chi connectivity index (χ3v) is 3.10. The van der Waals surface area contributed by atoms with E-state index in [1.165, 1.54) is 11.1 Å². The lowest BCUT2D eigenvalue weighted by Gasteiger charge is -2.19. The SMILES string of the molecule is Cc1ccc(CN(C)C)c(OC2=C(N)C=CCC2)c1. The minimum atomic E-state index is 0.739. The molecule has 1 aliphatic carbocycles. The van der Waals surface area contributed by atoms with Gasteiger partial charge in [0.1, 0.15) is 11.5 Å². The molecule has 0 unspecified atom stereocenters. The summed E-state index contributed by atoms with van der Waals surface area (Å²) in [6.07, 6.45) is 5.88.